The lowest BCUT2D eigenvalue weighted by molar-refractivity contribution is -0.120. The largest absolute Gasteiger partial charge is 0.481 e. The van der Waals surface area contributed by atoms with Gasteiger partial charge >= 0.3 is 0 Å². The smallest absolute Gasteiger partial charge is 0.220 e. The van der Waals surface area contributed by atoms with Crippen molar-refractivity contribution < 1.29 is 14.3 Å². The quantitative estimate of drug-likeness (QED) is 0.118. The summed E-state index contributed by atoms with van der Waals surface area (Å²) in [4.78, 5) is 32.4. The normalized spacial score (nSPS) is 17.4. The van der Waals surface area contributed by atoms with E-state index in [9.17, 15) is 9.59 Å². The fraction of sp³-hybridized carbons (Fsp3) is 0.314. The van der Waals surface area contributed by atoms with Gasteiger partial charge < -0.3 is 26.0 Å². The van der Waals surface area contributed by atoms with Gasteiger partial charge in [-0.1, -0.05) is 88.9 Å². The number of hydrogen-bond acceptors (Lipinski definition) is 7. The van der Waals surface area contributed by atoms with Crippen LogP contribution in [0.25, 0.3) is 33.6 Å². The number of methoxy groups -OCH3 is 1. The molecule has 0 aliphatic carbocycles. The van der Waals surface area contributed by atoms with Crippen LogP contribution in [0, 0.1) is 0 Å². The van der Waals surface area contributed by atoms with Gasteiger partial charge in [0.2, 0.25) is 17.7 Å². The van der Waals surface area contributed by atoms with Crippen molar-refractivity contribution in [3.8, 4) is 39.5 Å². The van der Waals surface area contributed by atoms with Crippen LogP contribution >= 0.6 is 46.4 Å². The fourth-order valence-corrected chi connectivity index (χ4v) is 7.24. The van der Waals surface area contributed by atoms with Crippen molar-refractivity contribution in [3.05, 3.63) is 85.9 Å². The summed E-state index contributed by atoms with van der Waals surface area (Å²) in [6, 6.07) is 17.2. The first kappa shape index (κ1) is 34.4. The molecule has 4 aromatic rings. The van der Waals surface area contributed by atoms with Crippen molar-refractivity contribution in [1.82, 2.24) is 31.2 Å². The standard InChI is InChI=1S/C35H34Cl4N6O3/c1-48-35-19(15-40-16-20-9-12-30(46)42-20)8-11-28(45-35)24-6-2-4-22(32(24)37)23-5-3-7-25(33(23)38)29-14-27(36)26(34(39)44-29)18-41-17-21-10-13-31(47)43-21/h2-8,11,14,20-21,40-41H,9-10,12-13,15-18H2,1H3,(H,42,46)(H,43,47)/t20-,21-/m0/s1. The predicted molar refractivity (Wildman–Crippen MR) is 191 cm³/mol. The van der Waals surface area contributed by atoms with Crippen molar-refractivity contribution in [1.29, 1.82) is 0 Å². The first-order valence-corrected chi connectivity index (χ1v) is 17.2. The number of carbonyl (C=O) groups excluding carboxylic acids is 2. The number of nitrogens with one attached hydrogen (secondary N) is 4. The average molecular weight is 729 g/mol. The Morgan fingerprint density at radius 3 is 1.85 bits per heavy atom. The number of ether oxygens (including phenoxy) is 1. The topological polar surface area (TPSA) is 117 Å². The van der Waals surface area contributed by atoms with E-state index in [1.54, 1.807) is 13.2 Å². The number of hydrogen-bond donors (Lipinski definition) is 4. The van der Waals surface area contributed by atoms with Gasteiger partial charge in [-0.25, -0.2) is 9.97 Å². The second-order valence-corrected chi connectivity index (χ2v) is 13.3. The van der Waals surface area contributed by atoms with Gasteiger partial charge in [0.25, 0.3) is 0 Å². The molecule has 2 saturated heterocycles. The molecule has 2 atom stereocenters. The highest BCUT2D eigenvalue weighted by Crippen LogP contribution is 2.43. The van der Waals surface area contributed by atoms with Gasteiger partial charge in [0.1, 0.15) is 5.15 Å². The summed E-state index contributed by atoms with van der Waals surface area (Å²) in [6.07, 6.45) is 2.73. The average Bonchev–Trinajstić information content (AvgIpc) is 3.69. The molecule has 2 amide bonds. The van der Waals surface area contributed by atoms with Crippen LogP contribution in [0.15, 0.2) is 54.6 Å². The molecule has 4 N–H and O–H groups in total. The summed E-state index contributed by atoms with van der Waals surface area (Å²) in [5, 5.41) is 14.3. The van der Waals surface area contributed by atoms with Crippen LogP contribution in [0.4, 0.5) is 0 Å². The molecule has 13 heteroatoms. The minimum Gasteiger partial charge on any atom is -0.481 e. The van der Waals surface area contributed by atoms with E-state index in [1.165, 1.54) is 0 Å². The molecule has 2 fully saturated rings. The minimum atomic E-state index is 0.0691. The lowest BCUT2D eigenvalue weighted by Crippen LogP contribution is -2.35. The summed E-state index contributed by atoms with van der Waals surface area (Å²) in [6.45, 7) is 2.23. The number of rotatable bonds is 12. The third-order valence-electron chi connectivity index (χ3n) is 8.56. The van der Waals surface area contributed by atoms with Crippen molar-refractivity contribution in [2.24, 2.45) is 0 Å². The van der Waals surface area contributed by atoms with Crippen LogP contribution in [0.2, 0.25) is 20.2 Å². The molecule has 2 aliphatic rings. The van der Waals surface area contributed by atoms with Gasteiger partial charge in [-0.15, -0.1) is 0 Å². The maximum Gasteiger partial charge on any atom is 0.220 e. The Labute approximate surface area is 299 Å². The first-order chi connectivity index (χ1) is 23.2. The van der Waals surface area contributed by atoms with E-state index >= 15 is 0 Å². The number of carbonyl (C=O) groups is 2. The van der Waals surface area contributed by atoms with Gasteiger partial charge in [-0.3, -0.25) is 9.59 Å². The second kappa shape index (κ2) is 15.4. The van der Waals surface area contributed by atoms with Gasteiger partial charge in [0.05, 0.1) is 33.6 Å². The number of pyridine rings is 2. The first-order valence-electron chi connectivity index (χ1n) is 15.7. The maximum absolute atomic E-state index is 11.5. The third kappa shape index (κ3) is 7.72. The van der Waals surface area contributed by atoms with Crippen LogP contribution in [0.5, 0.6) is 5.88 Å². The molecule has 0 spiro atoms. The van der Waals surface area contributed by atoms with Crippen molar-refractivity contribution in [3.63, 3.8) is 0 Å². The third-order valence-corrected chi connectivity index (χ3v) is 10.0. The fourth-order valence-electron chi connectivity index (χ4n) is 6.03. The summed E-state index contributed by atoms with van der Waals surface area (Å²) in [5.74, 6) is 0.648. The summed E-state index contributed by atoms with van der Waals surface area (Å²) < 4.78 is 5.63. The molecule has 0 bridgehead atoms. The van der Waals surface area contributed by atoms with Gasteiger partial charge in [-0.05, 0) is 25.0 Å². The highest BCUT2D eigenvalue weighted by atomic mass is 35.5. The number of halogens is 4. The monoisotopic (exact) mass is 726 g/mol. The highest BCUT2D eigenvalue weighted by Gasteiger charge is 2.23. The molecule has 0 unspecified atom stereocenters. The number of amides is 2. The zero-order valence-electron chi connectivity index (χ0n) is 26.1. The van der Waals surface area contributed by atoms with E-state index in [2.05, 4.69) is 26.3 Å². The highest BCUT2D eigenvalue weighted by molar-refractivity contribution is 6.39. The van der Waals surface area contributed by atoms with Crippen molar-refractivity contribution in [2.45, 2.75) is 50.9 Å². The van der Waals surface area contributed by atoms with Crippen LogP contribution < -0.4 is 26.0 Å². The van der Waals surface area contributed by atoms with Crippen LogP contribution in [0.3, 0.4) is 0 Å². The SMILES string of the molecule is COc1nc(-c2cccc(-c3cccc(-c4cc(Cl)c(CNC[C@@H]5CCC(=O)N5)c(Cl)n4)c3Cl)c2Cl)ccc1CNC[C@@H]1CCC(=O)N1. The second-order valence-electron chi connectivity index (χ2n) is 11.8. The van der Waals surface area contributed by atoms with Gasteiger partial charge in [0.15, 0.2) is 0 Å². The lowest BCUT2D eigenvalue weighted by atomic mass is 9.98. The molecular formula is C35H34Cl4N6O3. The molecule has 6 rings (SSSR count). The van der Waals surface area contributed by atoms with E-state index in [1.807, 2.05) is 48.5 Å². The molecule has 0 saturated carbocycles. The Morgan fingerprint density at radius 1 is 0.750 bits per heavy atom. The Hall–Kier alpha value is -3.44. The summed E-state index contributed by atoms with van der Waals surface area (Å²) >= 11 is 27.4. The summed E-state index contributed by atoms with van der Waals surface area (Å²) in [7, 11) is 1.59. The minimum absolute atomic E-state index is 0.0691. The Kier molecular flexibility index (Phi) is 11.1. The van der Waals surface area contributed by atoms with E-state index in [0.717, 1.165) is 29.5 Å². The molecule has 2 aromatic carbocycles. The Morgan fingerprint density at radius 2 is 1.31 bits per heavy atom. The number of aromatic nitrogens is 2. The summed E-state index contributed by atoms with van der Waals surface area (Å²) in [5.41, 5.74) is 5.56. The van der Waals surface area contributed by atoms with Crippen LogP contribution in [0.1, 0.15) is 36.8 Å². The molecule has 48 heavy (non-hydrogen) atoms. The molecule has 250 valence electrons. The van der Waals surface area contributed by atoms with E-state index < -0.39 is 0 Å². The Bertz CT molecular complexity index is 1830. The van der Waals surface area contributed by atoms with Crippen LogP contribution in [-0.4, -0.2) is 54.1 Å². The van der Waals surface area contributed by atoms with Crippen LogP contribution in [-0.2, 0) is 22.7 Å². The van der Waals surface area contributed by atoms with Gasteiger partial charge in [0, 0.05) is 84.5 Å². The molecular weight excluding hydrogens is 694 g/mol. The number of nitrogens with zero attached hydrogens (tertiary/aromatic N) is 2. The van der Waals surface area contributed by atoms with Crippen molar-refractivity contribution >= 4 is 58.2 Å². The molecule has 2 aliphatic heterocycles. The van der Waals surface area contributed by atoms with E-state index in [4.69, 9.17) is 56.1 Å². The molecule has 2 aromatic heterocycles. The molecule has 9 nitrogen and oxygen atoms in total. The zero-order chi connectivity index (χ0) is 33.8. The van der Waals surface area contributed by atoms with Crippen molar-refractivity contribution in [2.75, 3.05) is 20.2 Å². The lowest BCUT2D eigenvalue weighted by Gasteiger charge is -2.16. The van der Waals surface area contributed by atoms with E-state index in [0.29, 0.717) is 88.0 Å². The molecule has 4 heterocycles. The maximum atomic E-state index is 11.5. The zero-order valence-corrected chi connectivity index (χ0v) is 29.2. The van der Waals surface area contributed by atoms with Gasteiger partial charge in [-0.2, -0.15) is 0 Å². The molecule has 0 radical (unpaired) electrons. The Balaban J connectivity index is 1.21. The van der Waals surface area contributed by atoms with E-state index in [-0.39, 0.29) is 29.1 Å². The predicted octanol–water partition coefficient (Wildman–Crippen LogP) is 6.84. The number of benzene rings is 2.